The minimum absolute atomic E-state index is 0.00837. The van der Waals surface area contributed by atoms with E-state index in [4.69, 9.17) is 0 Å². The minimum Gasteiger partial charge on any atom is -0.354 e. The van der Waals surface area contributed by atoms with Crippen molar-refractivity contribution in [3.8, 4) is 0 Å². The molecule has 2 atom stereocenters. The third-order valence-electron chi connectivity index (χ3n) is 6.35. The number of nitrogens with zero attached hydrogens (tertiary/aromatic N) is 1. The zero-order valence-electron chi connectivity index (χ0n) is 19.5. The first-order chi connectivity index (χ1) is 15.9. The number of benzene rings is 3. The Morgan fingerprint density at radius 3 is 2.39 bits per heavy atom. The van der Waals surface area contributed by atoms with Crippen molar-refractivity contribution in [2.75, 3.05) is 0 Å². The lowest BCUT2D eigenvalue weighted by Gasteiger charge is -2.19. The molecule has 2 unspecified atom stereocenters. The monoisotopic (exact) mass is 442 g/mol. The molecule has 1 amide bonds. The third-order valence-corrected chi connectivity index (χ3v) is 6.35. The number of carbonyl (C=O) groups excluding carboxylic acids is 1. The first-order valence-corrected chi connectivity index (χ1v) is 11.6. The van der Waals surface area contributed by atoms with E-state index >= 15 is 0 Å². The highest BCUT2D eigenvalue weighted by molar-refractivity contribution is 5.87. The van der Waals surface area contributed by atoms with Crippen LogP contribution < -0.4 is 5.32 Å². The molecule has 0 aliphatic carbocycles. The molecule has 0 spiro atoms. The number of carbonyl (C=O) groups is 1. The molecule has 1 N–H and O–H groups in total. The Morgan fingerprint density at radius 1 is 1.00 bits per heavy atom. The summed E-state index contributed by atoms with van der Waals surface area (Å²) in [7, 11) is 0. The molecule has 4 heteroatoms. The fourth-order valence-corrected chi connectivity index (χ4v) is 4.30. The summed E-state index contributed by atoms with van der Waals surface area (Å²) in [5.41, 5.74) is 5.61. The lowest BCUT2D eigenvalue weighted by Crippen LogP contribution is -2.33. The van der Waals surface area contributed by atoms with Crippen molar-refractivity contribution in [3.63, 3.8) is 0 Å². The zero-order chi connectivity index (χ0) is 23.4. The molecule has 0 bridgehead atoms. The van der Waals surface area contributed by atoms with Crippen LogP contribution >= 0.6 is 0 Å². The Labute approximate surface area is 195 Å². The van der Waals surface area contributed by atoms with Crippen LogP contribution in [-0.2, 0) is 11.3 Å². The molecule has 33 heavy (non-hydrogen) atoms. The molecule has 170 valence electrons. The van der Waals surface area contributed by atoms with Gasteiger partial charge in [-0.05, 0) is 55.2 Å². The van der Waals surface area contributed by atoms with Crippen LogP contribution in [0.2, 0.25) is 0 Å². The Morgan fingerprint density at radius 2 is 1.70 bits per heavy atom. The maximum atomic E-state index is 13.7. The Bertz CT molecular complexity index is 1220. The quantitative estimate of drug-likeness (QED) is 0.329. The first-order valence-electron chi connectivity index (χ1n) is 11.6. The molecule has 1 aromatic heterocycles. The van der Waals surface area contributed by atoms with Crippen molar-refractivity contribution in [1.82, 2.24) is 9.88 Å². The van der Waals surface area contributed by atoms with Gasteiger partial charge in [0.05, 0.1) is 0 Å². The van der Waals surface area contributed by atoms with Crippen LogP contribution in [0.4, 0.5) is 4.39 Å². The average molecular weight is 443 g/mol. The maximum Gasteiger partial charge on any atom is 0.221 e. The molecule has 4 aromatic rings. The van der Waals surface area contributed by atoms with Gasteiger partial charge in [-0.2, -0.15) is 0 Å². The van der Waals surface area contributed by atoms with Crippen LogP contribution in [0.3, 0.4) is 0 Å². The molecular formula is C29H31FN2O. The molecule has 0 fully saturated rings. The molecule has 0 aliphatic rings. The second-order valence-electron chi connectivity index (χ2n) is 8.90. The van der Waals surface area contributed by atoms with E-state index < -0.39 is 0 Å². The summed E-state index contributed by atoms with van der Waals surface area (Å²) in [6.07, 6.45) is 3.35. The lowest BCUT2D eigenvalue weighted by atomic mass is 9.88. The zero-order valence-corrected chi connectivity index (χ0v) is 19.5. The van der Waals surface area contributed by atoms with Crippen molar-refractivity contribution in [3.05, 3.63) is 107 Å². The number of amides is 1. The first kappa shape index (κ1) is 22.8. The molecule has 0 saturated heterocycles. The van der Waals surface area contributed by atoms with Crippen molar-refractivity contribution >= 4 is 16.8 Å². The van der Waals surface area contributed by atoms with Gasteiger partial charge in [-0.3, -0.25) is 4.79 Å². The summed E-state index contributed by atoms with van der Waals surface area (Å²) in [4.78, 5) is 12.9. The van der Waals surface area contributed by atoms with Gasteiger partial charge >= 0.3 is 0 Å². The summed E-state index contributed by atoms with van der Waals surface area (Å²) in [5, 5.41) is 4.21. The Hall–Kier alpha value is -3.40. The predicted molar refractivity (Wildman–Crippen MR) is 133 cm³/mol. The number of aryl methyl sites for hydroxylation is 1. The van der Waals surface area contributed by atoms with Crippen LogP contribution in [0.5, 0.6) is 0 Å². The van der Waals surface area contributed by atoms with Gasteiger partial charge in [0.15, 0.2) is 0 Å². The molecule has 1 heterocycles. The highest BCUT2D eigenvalue weighted by Gasteiger charge is 2.23. The third kappa shape index (κ3) is 5.33. The molecular weight excluding hydrogens is 411 g/mol. The summed E-state index contributed by atoms with van der Waals surface area (Å²) in [5.74, 6) is -0.434. The largest absolute Gasteiger partial charge is 0.354 e. The SMILES string of the molecule is CCC(C)NC(=O)CC(c1ccc(F)cc1)c1cn(Cc2ccc(C)cc2)c2ccccc12. The number of fused-ring (bicyclic) bond motifs is 1. The standard InChI is InChI=1S/C29H31FN2O/c1-4-21(3)31-29(33)17-26(23-13-15-24(30)16-14-23)27-19-32(28-8-6-5-7-25(27)28)18-22-11-9-20(2)10-12-22/h5-16,19,21,26H,4,17-18H2,1-3H3,(H,31,33). The number of aromatic nitrogens is 1. The van der Waals surface area contributed by atoms with Crippen LogP contribution in [0.15, 0.2) is 79.0 Å². The van der Waals surface area contributed by atoms with E-state index in [-0.39, 0.29) is 23.7 Å². The highest BCUT2D eigenvalue weighted by Crippen LogP contribution is 2.35. The van der Waals surface area contributed by atoms with E-state index in [2.05, 4.69) is 66.3 Å². The molecule has 3 nitrogen and oxygen atoms in total. The van der Waals surface area contributed by atoms with E-state index in [0.29, 0.717) is 6.42 Å². The van der Waals surface area contributed by atoms with Crippen LogP contribution in [-0.4, -0.2) is 16.5 Å². The van der Waals surface area contributed by atoms with E-state index in [1.54, 1.807) is 12.1 Å². The number of para-hydroxylation sites is 1. The van der Waals surface area contributed by atoms with Crippen LogP contribution in [0, 0.1) is 12.7 Å². The lowest BCUT2D eigenvalue weighted by molar-refractivity contribution is -0.121. The molecule has 0 aliphatic heterocycles. The van der Waals surface area contributed by atoms with Crippen molar-refractivity contribution in [1.29, 1.82) is 0 Å². The van der Waals surface area contributed by atoms with Gasteiger partial charge < -0.3 is 9.88 Å². The molecule has 4 rings (SSSR count). The topological polar surface area (TPSA) is 34.0 Å². The summed E-state index contributed by atoms with van der Waals surface area (Å²) >= 11 is 0. The normalized spacial score (nSPS) is 13.1. The van der Waals surface area contributed by atoms with E-state index in [1.165, 1.54) is 23.3 Å². The number of nitrogens with one attached hydrogen (secondary N) is 1. The van der Waals surface area contributed by atoms with E-state index in [1.807, 2.05) is 19.1 Å². The number of hydrogen-bond donors (Lipinski definition) is 1. The molecule has 0 radical (unpaired) electrons. The Balaban J connectivity index is 1.76. The highest BCUT2D eigenvalue weighted by atomic mass is 19.1. The second kappa shape index (κ2) is 10.0. The van der Waals surface area contributed by atoms with Crippen molar-refractivity contribution < 1.29 is 9.18 Å². The summed E-state index contributed by atoms with van der Waals surface area (Å²) in [6, 6.07) is 23.5. The van der Waals surface area contributed by atoms with Gasteiger partial charge in [-0.15, -0.1) is 0 Å². The summed E-state index contributed by atoms with van der Waals surface area (Å²) < 4.78 is 15.9. The maximum absolute atomic E-state index is 13.7. The fraction of sp³-hybridized carbons (Fsp3) is 0.276. The summed E-state index contributed by atoms with van der Waals surface area (Å²) in [6.45, 7) is 6.90. The van der Waals surface area contributed by atoms with Gasteiger partial charge in [-0.25, -0.2) is 4.39 Å². The van der Waals surface area contributed by atoms with Crippen LogP contribution in [0.1, 0.15) is 54.9 Å². The van der Waals surface area contributed by atoms with Gasteiger partial charge in [0.1, 0.15) is 5.82 Å². The number of hydrogen-bond acceptors (Lipinski definition) is 1. The van der Waals surface area contributed by atoms with Gasteiger partial charge in [-0.1, -0.05) is 67.1 Å². The van der Waals surface area contributed by atoms with E-state index in [9.17, 15) is 9.18 Å². The Kier molecular flexibility index (Phi) is 6.93. The van der Waals surface area contributed by atoms with Gasteiger partial charge in [0.2, 0.25) is 5.91 Å². The van der Waals surface area contributed by atoms with Crippen LogP contribution in [0.25, 0.3) is 10.9 Å². The van der Waals surface area contributed by atoms with Gasteiger partial charge in [0.25, 0.3) is 0 Å². The number of rotatable bonds is 8. The minimum atomic E-state index is -0.275. The second-order valence-corrected chi connectivity index (χ2v) is 8.90. The molecule has 0 saturated carbocycles. The van der Waals surface area contributed by atoms with Gasteiger partial charge in [0, 0.05) is 42.0 Å². The smallest absolute Gasteiger partial charge is 0.221 e. The predicted octanol–water partition coefficient (Wildman–Crippen LogP) is 6.57. The van der Waals surface area contributed by atoms with Crippen molar-refractivity contribution in [2.45, 2.75) is 52.1 Å². The number of halogens is 1. The fourth-order valence-electron chi connectivity index (χ4n) is 4.30. The average Bonchev–Trinajstić information content (AvgIpc) is 3.18. The molecule has 3 aromatic carbocycles. The van der Waals surface area contributed by atoms with Crippen molar-refractivity contribution in [2.24, 2.45) is 0 Å². The van der Waals surface area contributed by atoms with E-state index in [0.717, 1.165) is 35.0 Å².